The van der Waals surface area contributed by atoms with Crippen molar-refractivity contribution in [2.24, 2.45) is 0 Å². The lowest BCUT2D eigenvalue weighted by molar-refractivity contribution is -0.107. The lowest BCUT2D eigenvalue weighted by Gasteiger charge is -2.50. The maximum absolute atomic E-state index is 14.5. The molecule has 0 N–H and O–H groups in total. The summed E-state index contributed by atoms with van der Waals surface area (Å²) in [6.45, 7) is 5.09. The Morgan fingerprint density at radius 1 is 0.405 bits per heavy atom. The van der Waals surface area contributed by atoms with E-state index in [0.717, 1.165) is 0 Å². The zero-order chi connectivity index (χ0) is 28.8. The second-order valence-corrected chi connectivity index (χ2v) is 13.0. The molecule has 0 aromatic rings. The Hall–Kier alpha value is -4.38. The summed E-state index contributed by atoms with van der Waals surface area (Å²) in [5, 5.41) is 0. The Morgan fingerprint density at radius 2 is 0.643 bits per heavy atom. The molecular weight excluding hydrogens is 552 g/mol. The summed E-state index contributed by atoms with van der Waals surface area (Å²) < 4.78 is 0. The van der Waals surface area contributed by atoms with Gasteiger partial charge in [-0.25, -0.2) is 28.8 Å². The molecule has 12 amide bonds. The summed E-state index contributed by atoms with van der Waals surface area (Å²) in [7, 11) is 0. The van der Waals surface area contributed by atoms with Gasteiger partial charge in [0.2, 0.25) is 0 Å². The zero-order valence-corrected chi connectivity index (χ0v) is 23.2. The molecule has 0 aromatic carbocycles. The Kier molecular flexibility index (Phi) is 3.67. The van der Waals surface area contributed by atoms with Crippen molar-refractivity contribution in [1.82, 2.24) is 58.8 Å². The average molecular weight is 583 g/mol. The van der Waals surface area contributed by atoms with Crippen molar-refractivity contribution in [3.63, 3.8) is 0 Å². The van der Waals surface area contributed by atoms with E-state index in [4.69, 9.17) is 0 Å². The normalized spacial score (nSPS) is 41.0. The van der Waals surface area contributed by atoms with Crippen LogP contribution in [0, 0.1) is 0 Å². The van der Waals surface area contributed by atoms with Crippen molar-refractivity contribution in [2.45, 2.75) is 62.7 Å². The van der Waals surface area contributed by atoms with Crippen LogP contribution in [0.15, 0.2) is 0 Å². The smallest absolute Gasteiger partial charge is 0.300 e. The Balaban J connectivity index is 1.14. The summed E-state index contributed by atoms with van der Waals surface area (Å²) in [6, 6.07) is -1.83. The number of carbonyl (C=O) groups is 6. The molecule has 0 radical (unpaired) electrons. The van der Waals surface area contributed by atoms with Gasteiger partial charge >= 0.3 is 36.2 Å². The summed E-state index contributed by atoms with van der Waals surface area (Å²) in [5.74, 6) is 0. The first kappa shape index (κ1) is 23.2. The molecule has 0 aromatic heterocycles. The predicted octanol–water partition coefficient (Wildman–Crippen LogP) is -1.19. The Bertz CT molecular complexity index is 1260. The van der Waals surface area contributed by atoms with Gasteiger partial charge in [0.05, 0.1) is 0 Å². The van der Waals surface area contributed by atoms with Crippen LogP contribution in [0.3, 0.4) is 0 Å². The van der Waals surface area contributed by atoms with Crippen LogP contribution in [-0.2, 0) is 0 Å². The molecule has 222 valence electrons. The SMILES string of the molecule is CC12N3CN4C(=O)N5CCCN6C(=O)N(CN1C(=O)N1CN7C(=O)N8CCCN9C(=O)N(CN(C3=O)C12C)C7C98)C4C56. The minimum Gasteiger partial charge on any atom is -0.300 e. The Morgan fingerprint density at radius 3 is 0.905 bits per heavy atom. The Labute approximate surface area is 239 Å². The van der Waals surface area contributed by atoms with Crippen molar-refractivity contribution in [3.8, 4) is 0 Å². The number of amides is 12. The van der Waals surface area contributed by atoms with Gasteiger partial charge in [-0.2, -0.15) is 0 Å². The predicted molar refractivity (Wildman–Crippen MR) is 135 cm³/mol. The van der Waals surface area contributed by atoms with Crippen LogP contribution < -0.4 is 0 Å². The molecule has 18 heteroatoms. The van der Waals surface area contributed by atoms with E-state index >= 15 is 0 Å². The number of hydrogen-bond donors (Lipinski definition) is 0. The van der Waals surface area contributed by atoms with Gasteiger partial charge in [0, 0.05) is 26.2 Å². The topological polar surface area (TPSA) is 141 Å². The lowest BCUT2D eigenvalue weighted by atomic mass is 9.95. The summed E-state index contributed by atoms with van der Waals surface area (Å²) >= 11 is 0. The number of rotatable bonds is 0. The van der Waals surface area contributed by atoms with Crippen LogP contribution in [-0.4, -0.2) is 184 Å². The van der Waals surface area contributed by atoms with Crippen molar-refractivity contribution < 1.29 is 28.8 Å². The van der Waals surface area contributed by atoms with E-state index in [9.17, 15) is 28.8 Å². The molecule has 18 nitrogen and oxygen atoms in total. The molecule has 0 atom stereocenters. The summed E-state index contributed by atoms with van der Waals surface area (Å²) in [4.78, 5) is 103. The molecule has 0 aliphatic carbocycles. The van der Waals surface area contributed by atoms with Crippen LogP contribution in [0.1, 0.15) is 26.7 Å². The quantitative estimate of drug-likeness (QED) is 0.352. The van der Waals surface area contributed by atoms with Crippen molar-refractivity contribution in [3.05, 3.63) is 0 Å². The first-order valence-corrected chi connectivity index (χ1v) is 14.6. The molecule has 10 aliphatic heterocycles. The van der Waals surface area contributed by atoms with E-state index in [2.05, 4.69) is 0 Å². The van der Waals surface area contributed by atoms with Gasteiger partial charge in [-0.05, 0) is 26.7 Å². The van der Waals surface area contributed by atoms with E-state index in [1.807, 2.05) is 0 Å². The van der Waals surface area contributed by atoms with Gasteiger partial charge in [-0.15, -0.1) is 0 Å². The monoisotopic (exact) mass is 582 g/mol. The maximum Gasteiger partial charge on any atom is 0.326 e. The van der Waals surface area contributed by atoms with E-state index in [-0.39, 0.29) is 50.8 Å². The second kappa shape index (κ2) is 6.64. The zero-order valence-electron chi connectivity index (χ0n) is 23.2. The number of nitrogens with zero attached hydrogens (tertiary/aromatic N) is 12. The second-order valence-electron chi connectivity index (χ2n) is 13.0. The number of urea groups is 6. The highest BCUT2D eigenvalue weighted by atomic mass is 16.2. The third kappa shape index (κ3) is 2.04. The van der Waals surface area contributed by atoms with Gasteiger partial charge in [-0.1, -0.05) is 0 Å². The molecule has 42 heavy (non-hydrogen) atoms. The largest absolute Gasteiger partial charge is 0.326 e. The highest BCUT2D eigenvalue weighted by Gasteiger charge is 2.79. The van der Waals surface area contributed by atoms with E-state index in [1.165, 1.54) is 0 Å². The number of hydrogen-bond acceptors (Lipinski definition) is 6. The highest BCUT2D eigenvalue weighted by Crippen LogP contribution is 2.55. The number of carbonyl (C=O) groups excluding carboxylic acids is 6. The first-order valence-electron chi connectivity index (χ1n) is 14.6. The lowest BCUT2D eigenvalue weighted by Crippen LogP contribution is -2.71. The van der Waals surface area contributed by atoms with Gasteiger partial charge in [0.1, 0.15) is 39.0 Å². The fraction of sp³-hybridized carbons (Fsp3) is 0.750. The van der Waals surface area contributed by atoms with Crippen LogP contribution in [0.25, 0.3) is 0 Å². The summed E-state index contributed by atoms with van der Waals surface area (Å²) in [6.07, 6.45) is -0.975. The minimum atomic E-state index is -1.33. The van der Waals surface area contributed by atoms with Crippen molar-refractivity contribution in [1.29, 1.82) is 0 Å². The highest BCUT2D eigenvalue weighted by molar-refractivity contribution is 5.92. The van der Waals surface area contributed by atoms with E-state index in [1.54, 1.807) is 72.6 Å². The molecular formula is C24H30N12O6. The molecule has 10 rings (SSSR count). The fourth-order valence-electron chi connectivity index (χ4n) is 9.59. The molecule has 0 unspecified atom stereocenters. The van der Waals surface area contributed by atoms with Gasteiger partial charge in [0.25, 0.3) is 0 Å². The first-order chi connectivity index (χ1) is 20.1. The van der Waals surface area contributed by atoms with Crippen LogP contribution in [0.2, 0.25) is 0 Å². The van der Waals surface area contributed by atoms with Crippen molar-refractivity contribution in [2.75, 3.05) is 52.9 Å². The van der Waals surface area contributed by atoms with Gasteiger partial charge < -0.3 is 0 Å². The molecule has 10 aliphatic rings. The molecule has 10 fully saturated rings. The minimum absolute atomic E-state index is 0.129. The molecule has 0 saturated carbocycles. The molecule has 0 spiro atoms. The van der Waals surface area contributed by atoms with Crippen LogP contribution >= 0.6 is 0 Å². The van der Waals surface area contributed by atoms with E-state index in [0.29, 0.717) is 39.0 Å². The van der Waals surface area contributed by atoms with Crippen LogP contribution in [0.5, 0.6) is 0 Å². The van der Waals surface area contributed by atoms with Crippen molar-refractivity contribution >= 4 is 36.2 Å². The van der Waals surface area contributed by atoms with Gasteiger partial charge in [-0.3, -0.25) is 58.8 Å². The third-order valence-electron chi connectivity index (χ3n) is 11.7. The van der Waals surface area contributed by atoms with E-state index < -0.39 is 48.1 Å². The molecule has 10 saturated heterocycles. The fourth-order valence-corrected chi connectivity index (χ4v) is 9.59. The molecule has 10 heterocycles. The van der Waals surface area contributed by atoms with Crippen LogP contribution in [0.4, 0.5) is 28.8 Å². The third-order valence-corrected chi connectivity index (χ3v) is 11.7. The molecule has 0 bridgehead atoms. The van der Waals surface area contributed by atoms with Gasteiger partial charge in [0.15, 0.2) is 23.7 Å². The average Bonchev–Trinajstić information content (AvgIpc) is 3.67. The standard InChI is InChI=1S/C24H30N12O6/c1-23-24(2)35-11-31-16-14-27(19(31)39)7-4-8-28(14)20(40)32(16)12-36(24)22(42)34(23)10-30-15-13-25(5-3-6-26(13)18(30)38)17(37)29(15)9-33(23)21(35)41/h13-16H,3-12H2,1-2H3. The maximum atomic E-state index is 14.5. The summed E-state index contributed by atoms with van der Waals surface area (Å²) in [5.41, 5.74) is -2.66.